The number of aliphatic hydroxyl groups is 1. The van der Waals surface area contributed by atoms with E-state index in [1.165, 1.54) is 0 Å². The van der Waals surface area contributed by atoms with Crippen LogP contribution in [0.3, 0.4) is 0 Å². The highest BCUT2D eigenvalue weighted by Crippen LogP contribution is 2.14. The van der Waals surface area contributed by atoms with E-state index >= 15 is 0 Å². The molecule has 0 bridgehead atoms. The Morgan fingerprint density at radius 1 is 1.30 bits per heavy atom. The fraction of sp³-hybridized carbons (Fsp3) is 0.154. The van der Waals surface area contributed by atoms with Crippen LogP contribution in [-0.4, -0.2) is 39.7 Å². The molecule has 2 rings (SSSR count). The lowest BCUT2D eigenvalue weighted by Crippen LogP contribution is -2.43. The lowest BCUT2D eigenvalue weighted by Gasteiger charge is -2.12. The van der Waals surface area contributed by atoms with Gasteiger partial charge in [-0.25, -0.2) is 4.79 Å². The zero-order valence-corrected chi connectivity index (χ0v) is 10.3. The van der Waals surface area contributed by atoms with Gasteiger partial charge in [0.15, 0.2) is 6.04 Å². The number of para-hydroxylation sites is 1. The molecule has 1 aromatic heterocycles. The number of nitrogens with one attached hydrogen (secondary N) is 2. The van der Waals surface area contributed by atoms with Crippen LogP contribution in [0.25, 0.3) is 10.9 Å². The minimum atomic E-state index is -1.42. The van der Waals surface area contributed by atoms with Crippen molar-refractivity contribution in [3.05, 3.63) is 46.2 Å². The van der Waals surface area contributed by atoms with Gasteiger partial charge in [0.1, 0.15) is 0 Å². The Labute approximate surface area is 112 Å². The number of aliphatic carboxylic acids is 1. The van der Waals surface area contributed by atoms with Crippen LogP contribution in [0.2, 0.25) is 0 Å². The number of amides is 1. The van der Waals surface area contributed by atoms with E-state index in [-0.39, 0.29) is 5.56 Å². The molecular weight excluding hydrogens is 264 g/mol. The Bertz CT molecular complexity index is 722. The molecule has 1 unspecified atom stereocenters. The number of carbonyl (C=O) groups excluding carboxylic acids is 1. The van der Waals surface area contributed by atoms with Crippen molar-refractivity contribution in [1.29, 1.82) is 0 Å². The van der Waals surface area contributed by atoms with Gasteiger partial charge in [0, 0.05) is 17.0 Å². The molecule has 0 aliphatic heterocycles. The number of carbonyl (C=O) groups is 2. The highest BCUT2D eigenvalue weighted by molar-refractivity contribution is 6.06. The van der Waals surface area contributed by atoms with E-state index < -0.39 is 30.1 Å². The lowest BCUT2D eigenvalue weighted by atomic mass is 10.1. The first-order chi connectivity index (χ1) is 9.52. The maximum Gasteiger partial charge on any atom is 0.328 e. The number of aromatic amines is 1. The number of fused-ring (bicyclic) bond motifs is 1. The van der Waals surface area contributed by atoms with Crippen molar-refractivity contribution >= 4 is 22.8 Å². The Kier molecular flexibility index (Phi) is 3.81. The number of carboxylic acid groups (broad SMARTS) is 1. The molecule has 0 aliphatic rings. The highest BCUT2D eigenvalue weighted by atomic mass is 16.4. The fourth-order valence-electron chi connectivity index (χ4n) is 1.81. The third kappa shape index (κ3) is 2.67. The van der Waals surface area contributed by atoms with Crippen molar-refractivity contribution in [2.45, 2.75) is 6.04 Å². The van der Waals surface area contributed by atoms with Crippen LogP contribution in [-0.2, 0) is 4.79 Å². The van der Waals surface area contributed by atoms with Crippen molar-refractivity contribution in [2.24, 2.45) is 0 Å². The van der Waals surface area contributed by atoms with Crippen molar-refractivity contribution in [3.63, 3.8) is 0 Å². The summed E-state index contributed by atoms with van der Waals surface area (Å²) in [6.07, 6.45) is 0. The van der Waals surface area contributed by atoms with E-state index in [4.69, 9.17) is 10.2 Å². The summed E-state index contributed by atoms with van der Waals surface area (Å²) >= 11 is 0. The number of hydrogen-bond acceptors (Lipinski definition) is 4. The van der Waals surface area contributed by atoms with Crippen molar-refractivity contribution in [1.82, 2.24) is 10.3 Å². The molecule has 1 heterocycles. The van der Waals surface area contributed by atoms with Crippen LogP contribution in [0, 0.1) is 0 Å². The van der Waals surface area contributed by atoms with Crippen molar-refractivity contribution < 1.29 is 19.8 Å². The molecule has 0 fully saturated rings. The molecule has 1 atom stereocenters. The number of carboxylic acids is 1. The summed E-state index contributed by atoms with van der Waals surface area (Å²) in [5, 5.41) is 20.3. The molecule has 2 aromatic rings. The Balaban J connectivity index is 2.44. The smallest absolute Gasteiger partial charge is 0.328 e. The van der Waals surface area contributed by atoms with E-state index in [1.54, 1.807) is 24.3 Å². The lowest BCUT2D eigenvalue weighted by molar-refractivity contribution is -0.140. The molecule has 1 aromatic carbocycles. The molecule has 0 saturated carbocycles. The van der Waals surface area contributed by atoms with Crippen LogP contribution in [0.1, 0.15) is 10.4 Å². The first kappa shape index (κ1) is 13.8. The summed E-state index contributed by atoms with van der Waals surface area (Å²) in [5.74, 6) is -2.08. The minimum absolute atomic E-state index is 0.0593. The largest absolute Gasteiger partial charge is 0.480 e. The summed E-state index contributed by atoms with van der Waals surface area (Å²) in [7, 11) is 0. The monoisotopic (exact) mass is 276 g/mol. The van der Waals surface area contributed by atoms with Crippen LogP contribution in [0.5, 0.6) is 0 Å². The number of rotatable bonds is 4. The topological polar surface area (TPSA) is 119 Å². The minimum Gasteiger partial charge on any atom is -0.480 e. The van der Waals surface area contributed by atoms with Gasteiger partial charge in [0.05, 0.1) is 12.2 Å². The highest BCUT2D eigenvalue weighted by Gasteiger charge is 2.21. The van der Waals surface area contributed by atoms with Crippen molar-refractivity contribution in [3.8, 4) is 0 Å². The fourth-order valence-corrected chi connectivity index (χ4v) is 1.81. The Hall–Kier alpha value is -2.67. The molecule has 4 N–H and O–H groups in total. The standard InChI is InChI=1S/C13H12N2O5/c16-6-10(13(19)20)15-12(18)8-5-11(17)14-9-4-2-1-3-7(8)9/h1-5,10,16H,6H2,(H,14,17)(H,15,18)(H,19,20). The number of H-pyrrole nitrogens is 1. The van der Waals surface area contributed by atoms with E-state index in [0.717, 1.165) is 6.07 Å². The molecule has 0 radical (unpaired) electrons. The quantitative estimate of drug-likeness (QED) is 0.611. The molecule has 0 saturated heterocycles. The zero-order chi connectivity index (χ0) is 14.7. The molecule has 1 amide bonds. The number of aromatic nitrogens is 1. The van der Waals surface area contributed by atoms with Gasteiger partial charge in [-0.3, -0.25) is 9.59 Å². The van der Waals surface area contributed by atoms with Crippen LogP contribution in [0.4, 0.5) is 0 Å². The predicted molar refractivity (Wildman–Crippen MR) is 70.5 cm³/mol. The van der Waals surface area contributed by atoms with Gasteiger partial charge in [0.25, 0.3) is 5.91 Å². The third-order valence-electron chi connectivity index (χ3n) is 2.78. The number of hydrogen-bond donors (Lipinski definition) is 4. The number of benzene rings is 1. The molecular formula is C13H12N2O5. The first-order valence-corrected chi connectivity index (χ1v) is 5.79. The van der Waals surface area contributed by atoms with Gasteiger partial charge >= 0.3 is 5.97 Å². The van der Waals surface area contributed by atoms with Crippen LogP contribution in [0.15, 0.2) is 35.1 Å². The second-order valence-corrected chi connectivity index (χ2v) is 4.14. The Morgan fingerprint density at radius 3 is 2.65 bits per heavy atom. The molecule has 7 heteroatoms. The second-order valence-electron chi connectivity index (χ2n) is 4.14. The molecule has 104 valence electrons. The first-order valence-electron chi connectivity index (χ1n) is 5.79. The SMILES string of the molecule is O=C(NC(CO)C(=O)O)c1cc(=O)[nH]c2ccccc12. The maximum atomic E-state index is 12.0. The van der Waals surface area contributed by atoms with Gasteiger partial charge in [-0.1, -0.05) is 18.2 Å². The van der Waals surface area contributed by atoms with Gasteiger partial charge in [-0.15, -0.1) is 0 Å². The van der Waals surface area contributed by atoms with E-state index in [2.05, 4.69) is 10.3 Å². The van der Waals surface area contributed by atoms with Crippen LogP contribution >= 0.6 is 0 Å². The van der Waals surface area contributed by atoms with Crippen molar-refractivity contribution in [2.75, 3.05) is 6.61 Å². The predicted octanol–water partition coefficient (Wildman–Crippen LogP) is -0.297. The molecule has 0 aliphatic carbocycles. The van der Waals surface area contributed by atoms with E-state index in [9.17, 15) is 14.4 Å². The number of pyridine rings is 1. The van der Waals surface area contributed by atoms with Gasteiger partial charge in [-0.05, 0) is 6.07 Å². The summed E-state index contributed by atoms with van der Waals surface area (Å²) in [4.78, 5) is 36.9. The Morgan fingerprint density at radius 2 is 2.00 bits per heavy atom. The van der Waals surface area contributed by atoms with Gasteiger partial charge in [-0.2, -0.15) is 0 Å². The normalized spacial score (nSPS) is 12.1. The maximum absolute atomic E-state index is 12.0. The zero-order valence-electron chi connectivity index (χ0n) is 10.3. The average Bonchev–Trinajstić information content (AvgIpc) is 2.43. The summed E-state index contributed by atoms with van der Waals surface area (Å²) in [5.41, 5.74) is 0.0646. The molecule has 0 spiro atoms. The summed E-state index contributed by atoms with van der Waals surface area (Å²) in [6, 6.07) is 6.34. The van der Waals surface area contributed by atoms with E-state index in [0.29, 0.717) is 10.9 Å². The van der Waals surface area contributed by atoms with Gasteiger partial charge in [0.2, 0.25) is 5.56 Å². The average molecular weight is 276 g/mol. The van der Waals surface area contributed by atoms with Gasteiger partial charge < -0.3 is 20.5 Å². The third-order valence-corrected chi connectivity index (χ3v) is 2.78. The summed E-state index contributed by atoms with van der Waals surface area (Å²) < 4.78 is 0. The summed E-state index contributed by atoms with van der Waals surface area (Å²) in [6.45, 7) is -0.734. The van der Waals surface area contributed by atoms with Crippen LogP contribution < -0.4 is 10.9 Å². The second kappa shape index (κ2) is 5.54. The number of aliphatic hydroxyl groups excluding tert-OH is 1. The molecule has 20 heavy (non-hydrogen) atoms. The molecule has 7 nitrogen and oxygen atoms in total. The van der Waals surface area contributed by atoms with E-state index in [1.807, 2.05) is 0 Å².